The zero-order chi connectivity index (χ0) is 10.9. The van der Waals surface area contributed by atoms with Crippen LogP contribution in [0.4, 0.5) is 0 Å². The summed E-state index contributed by atoms with van der Waals surface area (Å²) in [7, 11) is -3.67. The molecule has 2 rings (SSSR count). The summed E-state index contributed by atoms with van der Waals surface area (Å²) >= 11 is 0. The number of para-hydroxylation sites is 1. The van der Waals surface area contributed by atoms with Crippen molar-refractivity contribution in [3.05, 3.63) is 42.5 Å². The highest BCUT2D eigenvalue weighted by Crippen LogP contribution is 2.32. The lowest BCUT2D eigenvalue weighted by molar-refractivity contribution is 0.429. The molecule has 0 radical (unpaired) electrons. The number of nitrogens with one attached hydrogen (secondary N) is 1. The summed E-state index contributed by atoms with van der Waals surface area (Å²) < 4.78 is 29.9. The summed E-state index contributed by atoms with van der Waals surface area (Å²) in [5.74, 6) is 0.392. The molecular formula is C10H11NO3S. The summed E-state index contributed by atoms with van der Waals surface area (Å²) in [5.41, 5.74) is 0.840. The quantitative estimate of drug-likeness (QED) is 0.776. The van der Waals surface area contributed by atoms with E-state index >= 15 is 0 Å². The summed E-state index contributed by atoms with van der Waals surface area (Å²) in [6.07, 6.45) is 2.22. The molecule has 1 atom stereocenters. The lowest BCUT2D eigenvalue weighted by Crippen LogP contribution is -2.36. The van der Waals surface area contributed by atoms with E-state index in [0.29, 0.717) is 12.2 Å². The van der Waals surface area contributed by atoms with Crippen LogP contribution in [0.3, 0.4) is 0 Å². The van der Waals surface area contributed by atoms with Crippen LogP contribution in [0.15, 0.2) is 36.9 Å². The van der Waals surface area contributed by atoms with E-state index < -0.39 is 10.3 Å². The minimum Gasteiger partial charge on any atom is -0.371 e. The molecule has 5 heteroatoms. The van der Waals surface area contributed by atoms with E-state index in [1.54, 1.807) is 18.2 Å². The minimum atomic E-state index is -3.67. The van der Waals surface area contributed by atoms with Gasteiger partial charge >= 0.3 is 10.3 Å². The van der Waals surface area contributed by atoms with Crippen molar-refractivity contribution in [3.63, 3.8) is 0 Å². The molecule has 0 bridgehead atoms. The number of hydrogen-bond acceptors (Lipinski definition) is 3. The predicted molar refractivity (Wildman–Crippen MR) is 56.7 cm³/mol. The van der Waals surface area contributed by atoms with Crippen LogP contribution in [0.1, 0.15) is 18.0 Å². The Morgan fingerprint density at radius 2 is 2.20 bits per heavy atom. The molecule has 1 heterocycles. The van der Waals surface area contributed by atoms with Crippen molar-refractivity contribution in [3.8, 4) is 5.75 Å². The Bertz CT molecular complexity index is 481. The zero-order valence-electron chi connectivity index (χ0n) is 8.01. The topological polar surface area (TPSA) is 55.4 Å². The SMILES string of the molecule is C=CC[C@@H]1NS(=O)(=O)Oc2ccccc21. The van der Waals surface area contributed by atoms with Gasteiger partial charge in [-0.05, 0) is 12.5 Å². The highest BCUT2D eigenvalue weighted by Gasteiger charge is 2.28. The Balaban J connectivity index is 2.47. The first kappa shape index (κ1) is 10.2. The van der Waals surface area contributed by atoms with Crippen LogP contribution in [-0.2, 0) is 10.3 Å². The Morgan fingerprint density at radius 3 is 2.93 bits per heavy atom. The molecule has 1 aliphatic rings. The van der Waals surface area contributed by atoms with Gasteiger partial charge in [0.15, 0.2) is 0 Å². The molecule has 15 heavy (non-hydrogen) atoms. The molecule has 1 N–H and O–H groups in total. The van der Waals surface area contributed by atoms with E-state index in [1.807, 2.05) is 12.1 Å². The molecule has 0 fully saturated rings. The third-order valence-electron chi connectivity index (χ3n) is 2.18. The molecule has 1 aromatic carbocycles. The van der Waals surface area contributed by atoms with Crippen molar-refractivity contribution in [2.75, 3.05) is 0 Å². The van der Waals surface area contributed by atoms with Crippen molar-refractivity contribution in [1.29, 1.82) is 0 Å². The van der Waals surface area contributed by atoms with E-state index in [2.05, 4.69) is 11.3 Å². The lowest BCUT2D eigenvalue weighted by atomic mass is 10.0. The molecule has 1 aromatic rings. The molecule has 0 unspecified atom stereocenters. The fraction of sp³-hybridized carbons (Fsp3) is 0.200. The smallest absolute Gasteiger partial charge is 0.371 e. The first-order valence-corrected chi connectivity index (χ1v) is 5.95. The van der Waals surface area contributed by atoms with Crippen LogP contribution < -0.4 is 8.91 Å². The Morgan fingerprint density at radius 1 is 1.47 bits per heavy atom. The van der Waals surface area contributed by atoms with Crippen molar-refractivity contribution in [2.45, 2.75) is 12.5 Å². The third kappa shape index (κ3) is 2.03. The van der Waals surface area contributed by atoms with Gasteiger partial charge in [-0.1, -0.05) is 24.3 Å². The van der Waals surface area contributed by atoms with Crippen LogP contribution in [0.25, 0.3) is 0 Å². The average Bonchev–Trinajstić information content (AvgIpc) is 2.16. The highest BCUT2D eigenvalue weighted by atomic mass is 32.2. The van der Waals surface area contributed by atoms with Gasteiger partial charge in [0.05, 0.1) is 6.04 Å². The highest BCUT2D eigenvalue weighted by molar-refractivity contribution is 7.85. The van der Waals surface area contributed by atoms with E-state index in [-0.39, 0.29) is 6.04 Å². The van der Waals surface area contributed by atoms with Gasteiger partial charge in [0, 0.05) is 5.56 Å². The maximum atomic E-state index is 11.3. The van der Waals surface area contributed by atoms with Gasteiger partial charge in [0.25, 0.3) is 0 Å². The second-order valence-corrected chi connectivity index (χ2v) is 4.58. The maximum absolute atomic E-state index is 11.3. The predicted octanol–water partition coefficient (Wildman–Crippen LogP) is 1.53. The fourth-order valence-corrected chi connectivity index (χ4v) is 2.57. The number of rotatable bonds is 2. The van der Waals surface area contributed by atoms with Crippen molar-refractivity contribution in [1.82, 2.24) is 4.72 Å². The molecular weight excluding hydrogens is 214 g/mol. The summed E-state index contributed by atoms with van der Waals surface area (Å²) in [6, 6.07) is 6.79. The maximum Gasteiger partial charge on any atom is 0.383 e. The van der Waals surface area contributed by atoms with Crippen molar-refractivity contribution < 1.29 is 12.6 Å². The molecule has 1 aliphatic heterocycles. The summed E-state index contributed by atoms with van der Waals surface area (Å²) in [4.78, 5) is 0. The van der Waals surface area contributed by atoms with E-state index in [4.69, 9.17) is 4.18 Å². The molecule has 0 amide bonds. The standard InChI is InChI=1S/C10H11NO3S/c1-2-5-9-8-6-3-4-7-10(8)14-15(12,13)11-9/h2-4,6-7,9,11H,1,5H2/t9-/m0/s1. The first-order chi connectivity index (χ1) is 7.12. The normalized spacial score (nSPS) is 22.5. The molecule has 4 nitrogen and oxygen atoms in total. The van der Waals surface area contributed by atoms with Crippen LogP contribution >= 0.6 is 0 Å². The van der Waals surface area contributed by atoms with Crippen molar-refractivity contribution >= 4 is 10.3 Å². The minimum absolute atomic E-state index is 0.280. The number of benzene rings is 1. The van der Waals surface area contributed by atoms with E-state index in [0.717, 1.165) is 5.56 Å². The largest absolute Gasteiger partial charge is 0.383 e. The molecule has 0 aliphatic carbocycles. The van der Waals surface area contributed by atoms with Gasteiger partial charge in [-0.3, -0.25) is 0 Å². The van der Waals surface area contributed by atoms with Crippen LogP contribution in [-0.4, -0.2) is 8.42 Å². The molecule has 0 saturated carbocycles. The zero-order valence-corrected chi connectivity index (χ0v) is 8.83. The van der Waals surface area contributed by atoms with Gasteiger partial charge in [-0.15, -0.1) is 6.58 Å². The fourth-order valence-electron chi connectivity index (χ4n) is 1.57. The molecule has 0 aromatic heterocycles. The summed E-state index contributed by atoms with van der Waals surface area (Å²) in [6.45, 7) is 3.60. The Hall–Kier alpha value is -1.33. The third-order valence-corrected chi connectivity index (χ3v) is 3.16. The second kappa shape index (κ2) is 3.67. The molecule has 0 spiro atoms. The van der Waals surface area contributed by atoms with Crippen LogP contribution in [0.5, 0.6) is 5.75 Å². The van der Waals surface area contributed by atoms with Gasteiger partial charge in [-0.25, -0.2) is 0 Å². The number of hydrogen-bond donors (Lipinski definition) is 1. The van der Waals surface area contributed by atoms with Gasteiger partial charge in [-0.2, -0.15) is 13.1 Å². The van der Waals surface area contributed by atoms with Gasteiger partial charge in [0.2, 0.25) is 0 Å². The van der Waals surface area contributed by atoms with Crippen molar-refractivity contribution in [2.24, 2.45) is 0 Å². The van der Waals surface area contributed by atoms with Gasteiger partial charge < -0.3 is 4.18 Å². The summed E-state index contributed by atoms with van der Waals surface area (Å²) in [5, 5.41) is 0. The van der Waals surface area contributed by atoms with E-state index in [9.17, 15) is 8.42 Å². The average molecular weight is 225 g/mol. The van der Waals surface area contributed by atoms with E-state index in [1.165, 1.54) is 0 Å². The Labute approximate surface area is 88.8 Å². The Kier molecular flexibility index (Phi) is 2.50. The second-order valence-electron chi connectivity index (χ2n) is 3.27. The van der Waals surface area contributed by atoms with Gasteiger partial charge in [0.1, 0.15) is 5.75 Å². The van der Waals surface area contributed by atoms with Crippen LogP contribution in [0, 0.1) is 0 Å². The monoisotopic (exact) mass is 225 g/mol. The number of fused-ring (bicyclic) bond motifs is 1. The lowest BCUT2D eigenvalue weighted by Gasteiger charge is -2.25. The molecule has 80 valence electrons. The van der Waals surface area contributed by atoms with Crippen LogP contribution in [0.2, 0.25) is 0 Å². The first-order valence-electron chi connectivity index (χ1n) is 4.54. The molecule has 0 saturated heterocycles.